The molecule has 0 spiro atoms. The quantitative estimate of drug-likeness (QED) is 0.545. The number of piperidine rings is 1. The van der Waals surface area contributed by atoms with Crippen molar-refractivity contribution in [1.29, 1.82) is 0 Å². The Hall–Kier alpha value is -3.48. The number of benzene rings is 2. The number of anilines is 1. The first-order chi connectivity index (χ1) is 16.1. The van der Waals surface area contributed by atoms with E-state index in [4.69, 9.17) is 4.74 Å². The second-order valence-corrected chi connectivity index (χ2v) is 8.28. The summed E-state index contributed by atoms with van der Waals surface area (Å²) in [4.78, 5) is 23.8. The summed E-state index contributed by atoms with van der Waals surface area (Å²) < 4.78 is 19.1. The molecule has 1 aromatic heterocycles. The van der Waals surface area contributed by atoms with Crippen LogP contribution in [-0.2, 0) is 11.3 Å². The maximum atomic E-state index is 13.5. The van der Waals surface area contributed by atoms with Crippen molar-refractivity contribution in [2.75, 3.05) is 24.6 Å². The molecular weight excluding hydrogens is 419 g/mol. The summed E-state index contributed by atoms with van der Waals surface area (Å²) in [5.41, 5.74) is 2.54. The fourth-order valence-corrected chi connectivity index (χ4v) is 3.93. The van der Waals surface area contributed by atoms with Gasteiger partial charge in [0.25, 0.3) is 0 Å². The Bertz CT molecular complexity index is 1060. The minimum Gasteiger partial charge on any atom is -0.494 e. The van der Waals surface area contributed by atoms with Crippen LogP contribution in [0.2, 0.25) is 0 Å². The molecule has 0 radical (unpaired) electrons. The molecule has 0 saturated carbocycles. The van der Waals surface area contributed by atoms with Crippen LogP contribution in [-0.4, -0.2) is 35.6 Å². The lowest BCUT2D eigenvalue weighted by Crippen LogP contribution is -2.43. The smallest absolute Gasteiger partial charge is 0.225 e. The molecule has 1 fully saturated rings. The highest BCUT2D eigenvalue weighted by atomic mass is 19.1. The van der Waals surface area contributed by atoms with Gasteiger partial charge in [0.15, 0.2) is 0 Å². The second kappa shape index (κ2) is 10.9. The van der Waals surface area contributed by atoms with Gasteiger partial charge in [0.1, 0.15) is 11.6 Å². The number of hydrogen-bond acceptors (Lipinski definition) is 5. The van der Waals surface area contributed by atoms with E-state index in [1.165, 1.54) is 12.1 Å². The Morgan fingerprint density at radius 2 is 1.94 bits per heavy atom. The highest BCUT2D eigenvalue weighted by molar-refractivity contribution is 5.79. The zero-order chi connectivity index (χ0) is 23.0. The molecule has 1 aliphatic heterocycles. The predicted octanol–water partition coefficient (Wildman–Crippen LogP) is 4.60. The average Bonchev–Trinajstić information content (AvgIpc) is 2.87. The first-order valence-electron chi connectivity index (χ1n) is 11.4. The van der Waals surface area contributed by atoms with E-state index in [9.17, 15) is 9.18 Å². The van der Waals surface area contributed by atoms with Gasteiger partial charge in [-0.15, -0.1) is 0 Å². The number of aromatic nitrogens is 2. The van der Waals surface area contributed by atoms with Crippen molar-refractivity contribution in [2.24, 2.45) is 5.92 Å². The summed E-state index contributed by atoms with van der Waals surface area (Å²) in [7, 11) is 0. The Morgan fingerprint density at radius 1 is 1.15 bits per heavy atom. The van der Waals surface area contributed by atoms with E-state index in [0.717, 1.165) is 48.2 Å². The second-order valence-electron chi connectivity index (χ2n) is 8.28. The lowest BCUT2D eigenvalue weighted by atomic mass is 9.97. The van der Waals surface area contributed by atoms with Gasteiger partial charge in [-0.25, -0.2) is 14.4 Å². The van der Waals surface area contributed by atoms with E-state index in [-0.39, 0.29) is 17.6 Å². The molecule has 3 aromatic rings. The third-order valence-corrected chi connectivity index (χ3v) is 5.73. The molecule has 1 amide bonds. The van der Waals surface area contributed by atoms with Gasteiger partial charge in [0.05, 0.1) is 12.5 Å². The van der Waals surface area contributed by atoms with Crippen LogP contribution in [0.3, 0.4) is 0 Å². The first-order valence-corrected chi connectivity index (χ1v) is 11.4. The number of amides is 1. The van der Waals surface area contributed by atoms with Crippen molar-refractivity contribution in [1.82, 2.24) is 15.3 Å². The van der Waals surface area contributed by atoms with E-state index < -0.39 is 0 Å². The zero-order valence-electron chi connectivity index (χ0n) is 18.8. The Morgan fingerprint density at radius 3 is 2.67 bits per heavy atom. The third-order valence-electron chi connectivity index (χ3n) is 5.73. The van der Waals surface area contributed by atoms with Crippen molar-refractivity contribution in [3.8, 4) is 16.9 Å². The van der Waals surface area contributed by atoms with Crippen molar-refractivity contribution in [3.05, 3.63) is 72.3 Å². The minimum atomic E-state index is -0.290. The van der Waals surface area contributed by atoms with E-state index in [2.05, 4.69) is 22.2 Å². The van der Waals surface area contributed by atoms with Crippen LogP contribution in [0.1, 0.15) is 31.7 Å². The number of hydrogen-bond donors (Lipinski definition) is 1. The maximum absolute atomic E-state index is 13.5. The van der Waals surface area contributed by atoms with Gasteiger partial charge in [-0.05, 0) is 54.7 Å². The zero-order valence-corrected chi connectivity index (χ0v) is 18.8. The third kappa shape index (κ3) is 6.06. The standard InChI is InChI=1S/C26H29FN4O2/c1-2-13-33-24-10-8-19(9-11-24)15-28-25(32)21-6-4-12-31(18-21)26-29-16-22(17-30-26)20-5-3-7-23(27)14-20/h3,5,7-11,14,16-17,21H,2,4,6,12-13,15,18H2,1H3,(H,28,32)/t21-/m0/s1. The summed E-state index contributed by atoms with van der Waals surface area (Å²) in [6, 6.07) is 14.2. The van der Waals surface area contributed by atoms with Crippen molar-refractivity contribution < 1.29 is 13.9 Å². The SMILES string of the molecule is CCCOc1ccc(CNC(=O)[C@H]2CCCN(c3ncc(-c4cccc(F)c4)cn3)C2)cc1. The molecule has 1 saturated heterocycles. The lowest BCUT2D eigenvalue weighted by molar-refractivity contribution is -0.125. The van der Waals surface area contributed by atoms with Gasteiger partial charge in [-0.1, -0.05) is 31.2 Å². The van der Waals surface area contributed by atoms with Gasteiger partial charge in [0, 0.05) is 37.6 Å². The number of ether oxygens (including phenoxy) is 1. The number of carbonyl (C=O) groups excluding carboxylic acids is 1. The summed E-state index contributed by atoms with van der Waals surface area (Å²) >= 11 is 0. The summed E-state index contributed by atoms with van der Waals surface area (Å²) in [5.74, 6) is 1.08. The molecule has 2 aromatic carbocycles. The minimum absolute atomic E-state index is 0.0439. The highest BCUT2D eigenvalue weighted by Crippen LogP contribution is 2.23. The molecule has 6 nitrogen and oxygen atoms in total. The molecule has 1 aliphatic rings. The van der Waals surface area contributed by atoms with E-state index in [1.54, 1.807) is 18.5 Å². The molecule has 7 heteroatoms. The number of nitrogens with one attached hydrogen (secondary N) is 1. The van der Waals surface area contributed by atoms with E-state index >= 15 is 0 Å². The number of carbonyl (C=O) groups is 1. The van der Waals surface area contributed by atoms with Crippen LogP contribution in [0.15, 0.2) is 60.9 Å². The van der Waals surface area contributed by atoms with Crippen molar-refractivity contribution >= 4 is 11.9 Å². The summed E-state index contributed by atoms with van der Waals surface area (Å²) in [6.07, 6.45) is 6.12. The van der Waals surface area contributed by atoms with Crippen LogP contribution in [0, 0.1) is 11.7 Å². The largest absolute Gasteiger partial charge is 0.494 e. The number of halogens is 1. The molecule has 0 bridgehead atoms. The Labute approximate surface area is 193 Å². The Balaban J connectivity index is 1.32. The first kappa shape index (κ1) is 22.7. The van der Waals surface area contributed by atoms with Crippen LogP contribution in [0.4, 0.5) is 10.3 Å². The fourth-order valence-electron chi connectivity index (χ4n) is 3.93. The van der Waals surface area contributed by atoms with Crippen molar-refractivity contribution in [3.63, 3.8) is 0 Å². The van der Waals surface area contributed by atoms with E-state index in [1.807, 2.05) is 35.2 Å². The molecule has 0 unspecified atom stereocenters. The van der Waals surface area contributed by atoms with Crippen LogP contribution in [0.25, 0.3) is 11.1 Å². The van der Waals surface area contributed by atoms with E-state index in [0.29, 0.717) is 25.6 Å². The van der Waals surface area contributed by atoms with Gasteiger partial charge >= 0.3 is 0 Å². The van der Waals surface area contributed by atoms with Crippen molar-refractivity contribution in [2.45, 2.75) is 32.7 Å². The van der Waals surface area contributed by atoms with Crippen LogP contribution >= 0.6 is 0 Å². The Kier molecular flexibility index (Phi) is 7.50. The molecule has 0 aliphatic carbocycles. The summed E-state index contributed by atoms with van der Waals surface area (Å²) in [6.45, 7) is 4.65. The van der Waals surface area contributed by atoms with Gasteiger partial charge in [0.2, 0.25) is 11.9 Å². The predicted molar refractivity (Wildman–Crippen MR) is 126 cm³/mol. The number of rotatable bonds is 8. The maximum Gasteiger partial charge on any atom is 0.225 e. The summed E-state index contributed by atoms with van der Waals surface area (Å²) in [5, 5.41) is 3.06. The number of nitrogens with zero attached hydrogens (tertiary/aromatic N) is 3. The average molecular weight is 449 g/mol. The van der Waals surface area contributed by atoms with Gasteiger partial charge < -0.3 is 15.0 Å². The molecule has 1 atom stereocenters. The molecule has 4 rings (SSSR count). The molecule has 2 heterocycles. The van der Waals surface area contributed by atoms with Crippen LogP contribution < -0.4 is 15.0 Å². The molecule has 172 valence electrons. The van der Waals surface area contributed by atoms with Crippen LogP contribution in [0.5, 0.6) is 5.75 Å². The van der Waals surface area contributed by atoms with Gasteiger partial charge in [-0.2, -0.15) is 0 Å². The topological polar surface area (TPSA) is 67.3 Å². The van der Waals surface area contributed by atoms with Gasteiger partial charge in [-0.3, -0.25) is 4.79 Å². The normalized spacial score (nSPS) is 15.8. The molecule has 1 N–H and O–H groups in total. The lowest BCUT2D eigenvalue weighted by Gasteiger charge is -2.32. The molecular formula is C26H29FN4O2. The monoisotopic (exact) mass is 448 g/mol. The molecule has 33 heavy (non-hydrogen) atoms. The fraction of sp³-hybridized carbons (Fsp3) is 0.346. The highest BCUT2D eigenvalue weighted by Gasteiger charge is 2.27.